The van der Waals surface area contributed by atoms with Crippen LogP contribution in [0.4, 0.5) is 5.13 Å². The Morgan fingerprint density at radius 3 is 2.54 bits per heavy atom. The molecule has 1 fully saturated rings. The number of aryl methyl sites for hydroxylation is 1. The van der Waals surface area contributed by atoms with Gasteiger partial charge in [-0.25, -0.2) is 4.98 Å². The van der Waals surface area contributed by atoms with E-state index in [1.54, 1.807) is 22.7 Å². The molecule has 1 aromatic carbocycles. The van der Waals surface area contributed by atoms with Gasteiger partial charge < -0.3 is 4.90 Å². The van der Waals surface area contributed by atoms with Crippen molar-refractivity contribution >= 4 is 27.8 Å². The predicted molar refractivity (Wildman–Crippen MR) is 99.7 cm³/mol. The number of anilines is 1. The Bertz CT molecular complexity index is 790. The highest BCUT2D eigenvalue weighted by Gasteiger charge is 2.20. The van der Waals surface area contributed by atoms with E-state index < -0.39 is 0 Å². The fraction of sp³-hybridized carbons (Fsp3) is 0.353. The molecule has 7 heteroatoms. The number of aromatic nitrogens is 3. The molecule has 24 heavy (non-hydrogen) atoms. The fourth-order valence-electron chi connectivity index (χ4n) is 2.83. The second-order valence-corrected chi connectivity index (χ2v) is 7.96. The maximum absolute atomic E-state index is 4.80. The van der Waals surface area contributed by atoms with E-state index in [-0.39, 0.29) is 0 Å². The van der Waals surface area contributed by atoms with E-state index in [0.29, 0.717) is 0 Å². The molecule has 0 unspecified atom stereocenters. The highest BCUT2D eigenvalue weighted by atomic mass is 32.1. The Hall–Kier alpha value is -1.83. The van der Waals surface area contributed by atoms with Crippen LogP contribution < -0.4 is 4.90 Å². The van der Waals surface area contributed by atoms with E-state index in [1.807, 2.05) is 13.0 Å². The van der Waals surface area contributed by atoms with Gasteiger partial charge >= 0.3 is 0 Å². The van der Waals surface area contributed by atoms with Gasteiger partial charge in [0.05, 0.1) is 12.2 Å². The summed E-state index contributed by atoms with van der Waals surface area (Å²) in [5.41, 5.74) is 2.27. The van der Waals surface area contributed by atoms with Crippen molar-refractivity contribution in [2.45, 2.75) is 13.5 Å². The highest BCUT2D eigenvalue weighted by Crippen LogP contribution is 2.24. The molecule has 3 aromatic rings. The van der Waals surface area contributed by atoms with Crippen molar-refractivity contribution in [2.24, 2.45) is 0 Å². The van der Waals surface area contributed by atoms with Gasteiger partial charge in [-0.3, -0.25) is 4.90 Å². The van der Waals surface area contributed by atoms with Crippen LogP contribution in [0.5, 0.6) is 0 Å². The molecular weight excluding hydrogens is 338 g/mol. The predicted octanol–water partition coefficient (Wildman–Crippen LogP) is 3.29. The molecule has 4 rings (SSSR count). The summed E-state index contributed by atoms with van der Waals surface area (Å²) >= 11 is 3.43. The summed E-state index contributed by atoms with van der Waals surface area (Å²) in [5.74, 6) is 0. The Kier molecular flexibility index (Phi) is 4.55. The van der Waals surface area contributed by atoms with E-state index in [1.165, 1.54) is 10.6 Å². The summed E-state index contributed by atoms with van der Waals surface area (Å²) in [5, 5.41) is 13.8. The average Bonchev–Trinajstić information content (AvgIpc) is 3.26. The normalized spacial score (nSPS) is 15.8. The number of hydrogen-bond acceptors (Lipinski definition) is 7. The summed E-state index contributed by atoms with van der Waals surface area (Å²) in [6, 6.07) is 10.4. The highest BCUT2D eigenvalue weighted by molar-refractivity contribution is 7.15. The summed E-state index contributed by atoms with van der Waals surface area (Å²) in [7, 11) is 0. The van der Waals surface area contributed by atoms with Crippen molar-refractivity contribution in [1.29, 1.82) is 0 Å². The first-order valence-electron chi connectivity index (χ1n) is 8.05. The maximum Gasteiger partial charge on any atom is 0.208 e. The summed E-state index contributed by atoms with van der Waals surface area (Å²) < 4.78 is 0. The molecule has 124 valence electrons. The molecule has 1 aliphatic heterocycles. The minimum atomic E-state index is 0.931. The van der Waals surface area contributed by atoms with Gasteiger partial charge in [0.2, 0.25) is 5.13 Å². The minimum Gasteiger partial charge on any atom is -0.344 e. The van der Waals surface area contributed by atoms with Gasteiger partial charge in [-0.1, -0.05) is 41.7 Å². The van der Waals surface area contributed by atoms with Crippen LogP contribution >= 0.6 is 22.7 Å². The topological polar surface area (TPSA) is 45.2 Å². The van der Waals surface area contributed by atoms with Gasteiger partial charge in [-0.05, 0) is 6.92 Å². The summed E-state index contributed by atoms with van der Waals surface area (Å²) in [6.45, 7) is 7.03. The van der Waals surface area contributed by atoms with Gasteiger partial charge in [-0.2, -0.15) is 0 Å². The number of piperazine rings is 1. The average molecular weight is 358 g/mol. The van der Waals surface area contributed by atoms with Crippen molar-refractivity contribution in [3.05, 3.63) is 45.7 Å². The van der Waals surface area contributed by atoms with Crippen LogP contribution in [-0.4, -0.2) is 46.3 Å². The van der Waals surface area contributed by atoms with Crippen LogP contribution in [0.15, 0.2) is 35.7 Å². The van der Waals surface area contributed by atoms with Crippen LogP contribution in [-0.2, 0) is 6.54 Å². The smallest absolute Gasteiger partial charge is 0.208 e. The molecular formula is C17H19N5S2. The summed E-state index contributed by atoms with van der Waals surface area (Å²) in [4.78, 5) is 9.60. The standard InChI is InChI=1S/C17H19N5S2/c1-13-19-20-17(24-13)22-9-7-21(8-10-22)11-16-18-15(12-23-16)14-5-3-2-4-6-14/h2-6,12H,7-11H2,1H3. The lowest BCUT2D eigenvalue weighted by atomic mass is 10.2. The molecule has 1 aliphatic rings. The largest absolute Gasteiger partial charge is 0.344 e. The first kappa shape index (κ1) is 15.7. The third-order valence-corrected chi connectivity index (χ3v) is 5.87. The number of thiazole rings is 1. The molecule has 0 aliphatic carbocycles. The second kappa shape index (κ2) is 6.96. The van der Waals surface area contributed by atoms with Crippen molar-refractivity contribution in [3.8, 4) is 11.3 Å². The quantitative estimate of drug-likeness (QED) is 0.717. The Balaban J connectivity index is 1.35. The number of benzene rings is 1. The van der Waals surface area contributed by atoms with Gasteiger partial charge in [0.15, 0.2) is 0 Å². The lowest BCUT2D eigenvalue weighted by Gasteiger charge is -2.33. The van der Waals surface area contributed by atoms with Crippen molar-refractivity contribution in [1.82, 2.24) is 20.1 Å². The first-order valence-corrected chi connectivity index (χ1v) is 9.75. The third kappa shape index (κ3) is 3.48. The first-order chi connectivity index (χ1) is 11.8. The molecule has 0 bridgehead atoms. The zero-order valence-electron chi connectivity index (χ0n) is 13.6. The minimum absolute atomic E-state index is 0.931. The maximum atomic E-state index is 4.80. The Morgan fingerprint density at radius 1 is 1.04 bits per heavy atom. The van der Waals surface area contributed by atoms with Gasteiger partial charge in [0.1, 0.15) is 10.0 Å². The van der Waals surface area contributed by atoms with E-state index in [0.717, 1.165) is 48.6 Å². The van der Waals surface area contributed by atoms with E-state index in [2.05, 4.69) is 49.6 Å². The number of rotatable bonds is 4. The fourth-order valence-corrected chi connectivity index (χ4v) is 4.41. The third-order valence-electron chi connectivity index (χ3n) is 4.14. The van der Waals surface area contributed by atoms with E-state index >= 15 is 0 Å². The molecule has 0 amide bonds. The lowest BCUT2D eigenvalue weighted by molar-refractivity contribution is 0.249. The molecule has 0 saturated carbocycles. The monoisotopic (exact) mass is 357 g/mol. The second-order valence-electron chi connectivity index (χ2n) is 5.86. The van der Waals surface area contributed by atoms with Crippen LogP contribution in [0.2, 0.25) is 0 Å². The van der Waals surface area contributed by atoms with Crippen molar-refractivity contribution in [3.63, 3.8) is 0 Å². The van der Waals surface area contributed by atoms with Gasteiger partial charge in [0, 0.05) is 37.1 Å². The zero-order chi connectivity index (χ0) is 16.4. The Labute approximate surface area is 149 Å². The molecule has 0 spiro atoms. The van der Waals surface area contributed by atoms with Crippen LogP contribution in [0.25, 0.3) is 11.3 Å². The lowest BCUT2D eigenvalue weighted by Crippen LogP contribution is -2.45. The number of hydrogen-bond donors (Lipinski definition) is 0. The van der Waals surface area contributed by atoms with Gasteiger partial charge in [0.25, 0.3) is 0 Å². The molecule has 5 nitrogen and oxygen atoms in total. The molecule has 3 heterocycles. The number of nitrogens with zero attached hydrogens (tertiary/aromatic N) is 5. The molecule has 2 aromatic heterocycles. The molecule has 0 N–H and O–H groups in total. The SMILES string of the molecule is Cc1nnc(N2CCN(Cc3nc(-c4ccccc4)cs3)CC2)s1. The summed E-state index contributed by atoms with van der Waals surface area (Å²) in [6.07, 6.45) is 0. The van der Waals surface area contributed by atoms with Crippen molar-refractivity contribution in [2.75, 3.05) is 31.1 Å². The van der Waals surface area contributed by atoms with Gasteiger partial charge in [-0.15, -0.1) is 21.5 Å². The van der Waals surface area contributed by atoms with E-state index in [4.69, 9.17) is 4.98 Å². The molecule has 0 atom stereocenters. The van der Waals surface area contributed by atoms with Crippen LogP contribution in [0.3, 0.4) is 0 Å². The van der Waals surface area contributed by atoms with Crippen molar-refractivity contribution < 1.29 is 0 Å². The zero-order valence-corrected chi connectivity index (χ0v) is 15.2. The molecule has 0 radical (unpaired) electrons. The Morgan fingerprint density at radius 2 is 1.83 bits per heavy atom. The van der Waals surface area contributed by atoms with E-state index in [9.17, 15) is 0 Å². The van der Waals surface area contributed by atoms with Crippen LogP contribution in [0, 0.1) is 6.92 Å². The molecule has 1 saturated heterocycles. The van der Waals surface area contributed by atoms with Crippen LogP contribution in [0.1, 0.15) is 10.0 Å².